The molecule has 1 aromatic heterocycles. The molecule has 0 radical (unpaired) electrons. The van der Waals surface area contributed by atoms with Crippen LogP contribution in [0.2, 0.25) is 0 Å². The number of nitrogens with zero attached hydrogens (tertiary/aromatic N) is 3. The largest absolute Gasteiger partial charge is 0.384 e. The van der Waals surface area contributed by atoms with E-state index < -0.39 is 0 Å². The lowest BCUT2D eigenvalue weighted by Gasteiger charge is -2.22. The zero-order valence-corrected chi connectivity index (χ0v) is 9.89. The topological polar surface area (TPSA) is 45.4 Å². The Labute approximate surface area is 97.1 Å². The van der Waals surface area contributed by atoms with Crippen LogP contribution in [0.4, 0.5) is 11.6 Å². The van der Waals surface area contributed by atoms with Gasteiger partial charge in [0.1, 0.15) is 11.6 Å². The van der Waals surface area contributed by atoms with Gasteiger partial charge in [-0.3, -0.25) is 0 Å². The minimum absolute atomic E-state index is 0.588. The Hall–Kier alpha value is -1.29. The van der Waals surface area contributed by atoms with Gasteiger partial charge in [0.15, 0.2) is 0 Å². The maximum atomic E-state index is 5.67. The summed E-state index contributed by atoms with van der Waals surface area (Å²) in [4.78, 5) is 8.97. The van der Waals surface area contributed by atoms with E-state index in [-0.39, 0.29) is 0 Å². The van der Waals surface area contributed by atoms with Crippen LogP contribution in [0.1, 0.15) is 12.8 Å². The zero-order valence-electron chi connectivity index (χ0n) is 9.89. The van der Waals surface area contributed by atoms with Gasteiger partial charge in [-0.15, -0.1) is 0 Å². The SMILES string of the molecule is CN(CCN1CCCC1)c1cccc(N)n1. The van der Waals surface area contributed by atoms with Gasteiger partial charge in [-0.1, -0.05) is 6.07 Å². The summed E-state index contributed by atoms with van der Waals surface area (Å²) in [6.07, 6.45) is 2.69. The Morgan fingerprint density at radius 2 is 2.12 bits per heavy atom. The quantitative estimate of drug-likeness (QED) is 0.828. The van der Waals surface area contributed by atoms with Crippen LogP contribution in [-0.2, 0) is 0 Å². The Balaban J connectivity index is 1.85. The number of nitrogen functional groups attached to an aromatic ring is 1. The smallest absolute Gasteiger partial charge is 0.130 e. The van der Waals surface area contributed by atoms with Gasteiger partial charge in [0.05, 0.1) is 0 Å². The number of nitrogens with two attached hydrogens (primary N) is 1. The second-order valence-corrected chi connectivity index (χ2v) is 4.39. The molecular formula is C12H20N4. The molecule has 1 aliphatic heterocycles. The van der Waals surface area contributed by atoms with Crippen molar-refractivity contribution in [3.63, 3.8) is 0 Å². The Bertz CT molecular complexity index is 334. The summed E-state index contributed by atoms with van der Waals surface area (Å²) >= 11 is 0. The number of hydrogen-bond donors (Lipinski definition) is 1. The predicted octanol–water partition coefficient (Wildman–Crippen LogP) is 1.20. The maximum Gasteiger partial charge on any atom is 0.130 e. The first-order chi connectivity index (χ1) is 7.75. The number of aromatic nitrogens is 1. The average Bonchev–Trinajstić information content (AvgIpc) is 2.78. The summed E-state index contributed by atoms with van der Waals surface area (Å²) in [5.41, 5.74) is 5.67. The van der Waals surface area contributed by atoms with Crippen LogP contribution in [0.25, 0.3) is 0 Å². The van der Waals surface area contributed by atoms with E-state index in [1.54, 1.807) is 0 Å². The van der Waals surface area contributed by atoms with Crippen LogP contribution >= 0.6 is 0 Å². The van der Waals surface area contributed by atoms with Crippen LogP contribution in [-0.4, -0.2) is 43.1 Å². The van der Waals surface area contributed by atoms with E-state index in [1.807, 2.05) is 18.2 Å². The fourth-order valence-electron chi connectivity index (χ4n) is 2.06. The zero-order chi connectivity index (χ0) is 11.4. The highest BCUT2D eigenvalue weighted by atomic mass is 15.2. The first-order valence-corrected chi connectivity index (χ1v) is 5.92. The van der Waals surface area contributed by atoms with E-state index in [4.69, 9.17) is 5.73 Å². The van der Waals surface area contributed by atoms with Crippen molar-refractivity contribution in [1.29, 1.82) is 0 Å². The van der Waals surface area contributed by atoms with Crippen molar-refractivity contribution in [2.45, 2.75) is 12.8 Å². The third kappa shape index (κ3) is 2.85. The normalized spacial score (nSPS) is 16.6. The van der Waals surface area contributed by atoms with Gasteiger partial charge in [0.25, 0.3) is 0 Å². The van der Waals surface area contributed by atoms with Crippen molar-refractivity contribution in [3.8, 4) is 0 Å². The molecule has 0 spiro atoms. The van der Waals surface area contributed by atoms with Crippen LogP contribution in [0.15, 0.2) is 18.2 Å². The standard InChI is InChI=1S/C12H20N4/c1-15(9-10-16-7-2-3-8-16)12-6-4-5-11(13)14-12/h4-6H,2-3,7-10H2,1H3,(H2,13,14). The summed E-state index contributed by atoms with van der Waals surface area (Å²) in [6, 6.07) is 5.77. The molecule has 0 atom stereocenters. The van der Waals surface area contributed by atoms with E-state index in [0.29, 0.717) is 5.82 Å². The maximum absolute atomic E-state index is 5.67. The molecule has 0 aliphatic carbocycles. The minimum atomic E-state index is 0.588. The molecule has 1 saturated heterocycles. The average molecular weight is 220 g/mol. The molecule has 2 heterocycles. The third-order valence-corrected chi connectivity index (χ3v) is 3.10. The van der Waals surface area contributed by atoms with Gasteiger partial charge >= 0.3 is 0 Å². The first-order valence-electron chi connectivity index (χ1n) is 5.92. The number of rotatable bonds is 4. The monoisotopic (exact) mass is 220 g/mol. The number of likely N-dealkylation sites (N-methyl/N-ethyl adjacent to an activating group) is 1. The molecular weight excluding hydrogens is 200 g/mol. The summed E-state index contributed by atoms with van der Waals surface area (Å²) in [5.74, 6) is 1.55. The fraction of sp³-hybridized carbons (Fsp3) is 0.583. The molecule has 4 nitrogen and oxygen atoms in total. The molecule has 0 saturated carbocycles. The molecule has 0 unspecified atom stereocenters. The number of pyridine rings is 1. The Morgan fingerprint density at radius 3 is 2.81 bits per heavy atom. The Morgan fingerprint density at radius 1 is 1.38 bits per heavy atom. The molecule has 1 fully saturated rings. The predicted molar refractivity (Wildman–Crippen MR) is 67.6 cm³/mol. The van der Waals surface area contributed by atoms with Crippen molar-refractivity contribution in [2.75, 3.05) is 43.9 Å². The Kier molecular flexibility index (Phi) is 3.62. The van der Waals surface area contributed by atoms with Crippen molar-refractivity contribution in [1.82, 2.24) is 9.88 Å². The van der Waals surface area contributed by atoms with Gasteiger partial charge in [-0.2, -0.15) is 0 Å². The van der Waals surface area contributed by atoms with E-state index in [9.17, 15) is 0 Å². The van der Waals surface area contributed by atoms with Gasteiger partial charge in [-0.05, 0) is 38.1 Å². The molecule has 16 heavy (non-hydrogen) atoms. The summed E-state index contributed by atoms with van der Waals surface area (Å²) in [6.45, 7) is 4.62. The molecule has 4 heteroatoms. The number of hydrogen-bond acceptors (Lipinski definition) is 4. The molecule has 1 aromatic rings. The van der Waals surface area contributed by atoms with E-state index in [1.165, 1.54) is 25.9 Å². The third-order valence-electron chi connectivity index (χ3n) is 3.10. The van der Waals surface area contributed by atoms with E-state index in [2.05, 4.69) is 21.8 Å². The fourth-order valence-corrected chi connectivity index (χ4v) is 2.06. The van der Waals surface area contributed by atoms with Gasteiger partial charge in [0, 0.05) is 20.1 Å². The highest BCUT2D eigenvalue weighted by Gasteiger charge is 2.12. The molecule has 88 valence electrons. The van der Waals surface area contributed by atoms with Crippen LogP contribution in [0.3, 0.4) is 0 Å². The lowest BCUT2D eigenvalue weighted by molar-refractivity contribution is 0.346. The number of anilines is 2. The van der Waals surface area contributed by atoms with Crippen molar-refractivity contribution < 1.29 is 0 Å². The molecule has 0 amide bonds. The highest BCUT2D eigenvalue weighted by molar-refractivity contribution is 5.43. The van der Waals surface area contributed by atoms with Crippen LogP contribution < -0.4 is 10.6 Å². The lowest BCUT2D eigenvalue weighted by atomic mass is 10.4. The molecule has 0 bridgehead atoms. The van der Waals surface area contributed by atoms with Gasteiger partial charge < -0.3 is 15.5 Å². The molecule has 2 rings (SSSR count). The van der Waals surface area contributed by atoms with Crippen molar-refractivity contribution in [3.05, 3.63) is 18.2 Å². The first kappa shape index (κ1) is 11.2. The lowest BCUT2D eigenvalue weighted by Crippen LogP contribution is -2.31. The molecule has 2 N–H and O–H groups in total. The van der Waals surface area contributed by atoms with Crippen molar-refractivity contribution >= 4 is 11.6 Å². The summed E-state index contributed by atoms with van der Waals surface area (Å²) < 4.78 is 0. The highest BCUT2D eigenvalue weighted by Crippen LogP contribution is 2.11. The summed E-state index contributed by atoms with van der Waals surface area (Å²) in [7, 11) is 2.07. The molecule has 1 aliphatic rings. The second-order valence-electron chi connectivity index (χ2n) is 4.39. The molecule has 0 aromatic carbocycles. The van der Waals surface area contributed by atoms with Crippen LogP contribution in [0.5, 0.6) is 0 Å². The number of likely N-dealkylation sites (tertiary alicyclic amines) is 1. The van der Waals surface area contributed by atoms with E-state index >= 15 is 0 Å². The van der Waals surface area contributed by atoms with Gasteiger partial charge in [-0.25, -0.2) is 4.98 Å². The van der Waals surface area contributed by atoms with Gasteiger partial charge in [0.2, 0.25) is 0 Å². The van der Waals surface area contributed by atoms with Crippen LogP contribution in [0, 0.1) is 0 Å². The van der Waals surface area contributed by atoms with Crippen molar-refractivity contribution in [2.24, 2.45) is 0 Å². The minimum Gasteiger partial charge on any atom is -0.384 e. The van der Waals surface area contributed by atoms with E-state index in [0.717, 1.165) is 18.9 Å². The second kappa shape index (κ2) is 5.16. The summed E-state index contributed by atoms with van der Waals surface area (Å²) in [5, 5.41) is 0.